The minimum atomic E-state index is -3.00. The van der Waals surface area contributed by atoms with Crippen molar-refractivity contribution in [2.75, 3.05) is 41.8 Å². The molecule has 1 aliphatic heterocycles. The molecule has 0 unspecified atom stereocenters. The first kappa shape index (κ1) is 15.6. The van der Waals surface area contributed by atoms with Gasteiger partial charge in [-0.05, 0) is 6.92 Å². The Morgan fingerprint density at radius 3 is 2.62 bits per heavy atom. The summed E-state index contributed by atoms with van der Waals surface area (Å²) in [7, 11) is -3.00. The zero-order valence-corrected chi connectivity index (χ0v) is 13.2. The molecule has 3 N–H and O–H groups in total. The molecular weight excluding hydrogens is 312 g/mol. The number of sulfone groups is 1. The molecule has 9 heteroatoms. The molecule has 0 aromatic carbocycles. The molecular formula is C12H16N4O3S2. The molecule has 0 radical (unpaired) electrons. The van der Waals surface area contributed by atoms with E-state index in [1.165, 1.54) is 0 Å². The number of amides is 1. The predicted octanol–water partition coefficient (Wildman–Crippen LogP) is 0.186. The van der Waals surface area contributed by atoms with E-state index in [2.05, 4.69) is 5.32 Å². The van der Waals surface area contributed by atoms with Crippen molar-refractivity contribution in [3.63, 3.8) is 0 Å². The van der Waals surface area contributed by atoms with Crippen LogP contribution in [0, 0.1) is 11.3 Å². The number of nitrogens with two attached hydrogens (primary N) is 1. The van der Waals surface area contributed by atoms with E-state index in [1.54, 1.807) is 6.92 Å². The molecule has 2 heterocycles. The van der Waals surface area contributed by atoms with Gasteiger partial charge in [0.05, 0.1) is 17.2 Å². The molecule has 1 amide bonds. The number of nitriles is 1. The molecule has 2 rings (SSSR count). The summed E-state index contributed by atoms with van der Waals surface area (Å²) in [5, 5.41) is 12.5. The second-order valence-corrected chi connectivity index (χ2v) is 7.94. The SMILES string of the molecule is CCNC(=O)c1sc(N2CCS(=O)(=O)CC2)c(C#N)c1N. The molecule has 1 aromatic rings. The maximum Gasteiger partial charge on any atom is 0.263 e. The third kappa shape index (κ3) is 3.11. The molecule has 0 bridgehead atoms. The first-order valence-electron chi connectivity index (χ1n) is 6.45. The molecule has 1 fully saturated rings. The Labute approximate surface area is 127 Å². The number of nitrogen functional groups attached to an aromatic ring is 1. The van der Waals surface area contributed by atoms with E-state index in [0.717, 1.165) is 11.3 Å². The Morgan fingerprint density at radius 1 is 1.48 bits per heavy atom. The summed E-state index contributed by atoms with van der Waals surface area (Å²) < 4.78 is 22.9. The van der Waals surface area contributed by atoms with Crippen molar-refractivity contribution < 1.29 is 13.2 Å². The van der Waals surface area contributed by atoms with Crippen molar-refractivity contribution in [2.24, 2.45) is 0 Å². The van der Waals surface area contributed by atoms with Crippen LogP contribution in [0.3, 0.4) is 0 Å². The molecule has 1 aliphatic rings. The number of carbonyl (C=O) groups is 1. The van der Waals surface area contributed by atoms with Gasteiger partial charge in [0.15, 0.2) is 9.84 Å². The third-order valence-corrected chi connectivity index (χ3v) is 6.09. The topological polar surface area (TPSA) is 116 Å². The lowest BCUT2D eigenvalue weighted by molar-refractivity contribution is 0.0960. The summed E-state index contributed by atoms with van der Waals surface area (Å²) in [6, 6.07) is 2.01. The van der Waals surface area contributed by atoms with E-state index in [1.807, 2.05) is 11.0 Å². The van der Waals surface area contributed by atoms with Gasteiger partial charge in [-0.3, -0.25) is 4.79 Å². The van der Waals surface area contributed by atoms with Crippen molar-refractivity contribution in [2.45, 2.75) is 6.92 Å². The van der Waals surface area contributed by atoms with Gasteiger partial charge < -0.3 is 16.0 Å². The van der Waals surface area contributed by atoms with Gasteiger partial charge in [-0.1, -0.05) is 0 Å². The summed E-state index contributed by atoms with van der Waals surface area (Å²) >= 11 is 1.14. The van der Waals surface area contributed by atoms with E-state index in [4.69, 9.17) is 5.73 Å². The van der Waals surface area contributed by atoms with Crippen molar-refractivity contribution in [3.8, 4) is 6.07 Å². The monoisotopic (exact) mass is 328 g/mol. The number of nitrogens with zero attached hydrogens (tertiary/aromatic N) is 2. The number of nitrogens with one attached hydrogen (secondary N) is 1. The lowest BCUT2D eigenvalue weighted by Crippen LogP contribution is -2.40. The Balaban J connectivity index is 2.34. The zero-order chi connectivity index (χ0) is 15.6. The molecule has 0 aliphatic carbocycles. The molecule has 21 heavy (non-hydrogen) atoms. The number of hydrogen-bond acceptors (Lipinski definition) is 7. The lowest BCUT2D eigenvalue weighted by Gasteiger charge is -2.27. The molecule has 7 nitrogen and oxygen atoms in total. The lowest BCUT2D eigenvalue weighted by atomic mass is 10.2. The average molecular weight is 328 g/mol. The second-order valence-electron chi connectivity index (χ2n) is 4.64. The predicted molar refractivity (Wildman–Crippen MR) is 82.3 cm³/mol. The Hall–Kier alpha value is -1.79. The number of rotatable bonds is 3. The van der Waals surface area contributed by atoms with E-state index in [-0.39, 0.29) is 28.7 Å². The first-order chi connectivity index (χ1) is 9.89. The van der Waals surface area contributed by atoms with E-state index < -0.39 is 9.84 Å². The standard InChI is InChI=1S/C12H16N4O3S2/c1-2-15-11(17)10-9(14)8(7-13)12(20-10)16-3-5-21(18,19)6-4-16/h2-6,14H2,1H3,(H,15,17). The fourth-order valence-corrected chi connectivity index (χ4v) is 4.43. The van der Waals surface area contributed by atoms with Gasteiger partial charge in [0.1, 0.15) is 21.5 Å². The van der Waals surface area contributed by atoms with Gasteiger partial charge in [0.2, 0.25) is 0 Å². The number of hydrogen-bond donors (Lipinski definition) is 2. The Kier molecular flexibility index (Phi) is 4.39. The van der Waals surface area contributed by atoms with Gasteiger partial charge in [-0.25, -0.2) is 8.42 Å². The maximum atomic E-state index is 11.9. The number of carbonyl (C=O) groups excluding carboxylic acids is 1. The van der Waals surface area contributed by atoms with Crippen LogP contribution in [0.15, 0.2) is 0 Å². The van der Waals surface area contributed by atoms with Crippen LogP contribution in [0.1, 0.15) is 22.2 Å². The van der Waals surface area contributed by atoms with Crippen LogP contribution in [0.2, 0.25) is 0 Å². The fraction of sp³-hybridized carbons (Fsp3) is 0.500. The van der Waals surface area contributed by atoms with E-state index >= 15 is 0 Å². The third-order valence-electron chi connectivity index (χ3n) is 3.21. The zero-order valence-electron chi connectivity index (χ0n) is 11.5. The summed E-state index contributed by atoms with van der Waals surface area (Å²) in [6.07, 6.45) is 0. The van der Waals surface area contributed by atoms with Crippen LogP contribution in [0.25, 0.3) is 0 Å². The summed E-state index contributed by atoms with van der Waals surface area (Å²) in [4.78, 5) is 14.0. The van der Waals surface area contributed by atoms with Crippen molar-refractivity contribution in [1.29, 1.82) is 5.26 Å². The second kappa shape index (κ2) is 5.91. The summed E-state index contributed by atoms with van der Waals surface area (Å²) in [5.41, 5.74) is 6.30. The molecule has 0 saturated carbocycles. The quantitative estimate of drug-likeness (QED) is 0.818. The molecule has 114 valence electrons. The van der Waals surface area contributed by atoms with Gasteiger partial charge >= 0.3 is 0 Å². The van der Waals surface area contributed by atoms with Crippen molar-refractivity contribution >= 4 is 37.8 Å². The first-order valence-corrected chi connectivity index (χ1v) is 9.09. The fourth-order valence-electron chi connectivity index (χ4n) is 2.09. The summed E-state index contributed by atoms with van der Waals surface area (Å²) in [6.45, 7) is 2.89. The largest absolute Gasteiger partial charge is 0.396 e. The van der Waals surface area contributed by atoms with Crippen LogP contribution in [-0.4, -0.2) is 45.5 Å². The molecule has 0 atom stereocenters. The Morgan fingerprint density at radius 2 is 2.10 bits per heavy atom. The highest BCUT2D eigenvalue weighted by molar-refractivity contribution is 7.91. The summed E-state index contributed by atoms with van der Waals surface area (Å²) in [5.74, 6) is -0.217. The van der Waals surface area contributed by atoms with Crippen LogP contribution < -0.4 is 16.0 Å². The minimum Gasteiger partial charge on any atom is -0.396 e. The van der Waals surface area contributed by atoms with Crippen LogP contribution in [-0.2, 0) is 9.84 Å². The molecule has 1 aromatic heterocycles. The van der Waals surface area contributed by atoms with Crippen molar-refractivity contribution in [1.82, 2.24) is 5.32 Å². The van der Waals surface area contributed by atoms with E-state index in [0.29, 0.717) is 29.5 Å². The molecule has 1 saturated heterocycles. The minimum absolute atomic E-state index is 0.0478. The van der Waals surface area contributed by atoms with Crippen LogP contribution in [0.5, 0.6) is 0 Å². The van der Waals surface area contributed by atoms with E-state index in [9.17, 15) is 18.5 Å². The highest BCUT2D eigenvalue weighted by Crippen LogP contribution is 2.38. The highest BCUT2D eigenvalue weighted by Gasteiger charge is 2.28. The average Bonchev–Trinajstić information content (AvgIpc) is 2.76. The Bertz CT molecular complexity index is 689. The van der Waals surface area contributed by atoms with Crippen LogP contribution >= 0.6 is 11.3 Å². The smallest absolute Gasteiger partial charge is 0.263 e. The number of thiophene rings is 1. The van der Waals surface area contributed by atoms with Gasteiger partial charge in [0.25, 0.3) is 5.91 Å². The van der Waals surface area contributed by atoms with Gasteiger partial charge in [0, 0.05) is 19.6 Å². The van der Waals surface area contributed by atoms with Crippen LogP contribution in [0.4, 0.5) is 10.7 Å². The van der Waals surface area contributed by atoms with Crippen molar-refractivity contribution in [3.05, 3.63) is 10.4 Å². The maximum absolute atomic E-state index is 11.9. The van der Waals surface area contributed by atoms with Gasteiger partial charge in [-0.15, -0.1) is 11.3 Å². The molecule has 0 spiro atoms. The van der Waals surface area contributed by atoms with Gasteiger partial charge in [-0.2, -0.15) is 5.26 Å². The number of anilines is 2. The highest BCUT2D eigenvalue weighted by atomic mass is 32.2. The normalized spacial score (nSPS) is 17.2.